The Kier molecular flexibility index (Phi) is 6.12. The molecule has 0 spiro atoms. The maximum absolute atomic E-state index is 6.30. The number of fused-ring (bicyclic) bond motifs is 5. The van der Waals surface area contributed by atoms with Crippen molar-refractivity contribution < 1.29 is 9.15 Å². The monoisotopic (exact) mass is 606 g/mol. The van der Waals surface area contributed by atoms with Crippen LogP contribution in [0.2, 0.25) is 0 Å². The van der Waals surface area contributed by atoms with Crippen LogP contribution in [0.25, 0.3) is 67.0 Å². The number of ether oxygens (including phenoxy) is 1. The number of hydrogen-bond donors (Lipinski definition) is 0. The lowest BCUT2D eigenvalue weighted by Gasteiger charge is -2.34. The van der Waals surface area contributed by atoms with Crippen LogP contribution < -0.4 is 4.74 Å². The lowest BCUT2D eigenvalue weighted by molar-refractivity contribution is 0.418. The molecule has 0 atom stereocenters. The summed E-state index contributed by atoms with van der Waals surface area (Å²) in [7, 11) is 0. The normalized spacial score (nSPS) is 13.2. The third-order valence-electron chi connectivity index (χ3n) is 9.38. The van der Waals surface area contributed by atoms with Crippen LogP contribution in [0, 0.1) is 0 Å². The summed E-state index contributed by atoms with van der Waals surface area (Å²) < 4.78 is 12.5. The summed E-state index contributed by atoms with van der Waals surface area (Å²) in [5.41, 5.74) is 10.9. The molecule has 0 unspecified atom stereocenters. The van der Waals surface area contributed by atoms with Crippen LogP contribution in [0.4, 0.5) is 0 Å². The van der Waals surface area contributed by atoms with Gasteiger partial charge >= 0.3 is 0 Å². The summed E-state index contributed by atoms with van der Waals surface area (Å²) in [6.45, 7) is 4.53. The van der Waals surface area contributed by atoms with Gasteiger partial charge in [-0.2, -0.15) is 0 Å². The molecule has 2 aromatic heterocycles. The van der Waals surface area contributed by atoms with Gasteiger partial charge in [-0.1, -0.05) is 117 Å². The molecule has 1 aliphatic heterocycles. The van der Waals surface area contributed by atoms with Gasteiger partial charge < -0.3 is 9.15 Å². The Morgan fingerprint density at radius 2 is 1.09 bits per heavy atom. The first-order valence-corrected chi connectivity index (χ1v) is 15.9. The average Bonchev–Trinajstić information content (AvgIpc) is 3.50. The van der Waals surface area contributed by atoms with Gasteiger partial charge in [0.05, 0.1) is 11.4 Å². The predicted molar refractivity (Wildman–Crippen MR) is 190 cm³/mol. The molecule has 6 aromatic carbocycles. The van der Waals surface area contributed by atoms with E-state index >= 15 is 0 Å². The highest BCUT2D eigenvalue weighted by Crippen LogP contribution is 2.48. The zero-order valence-electron chi connectivity index (χ0n) is 26.1. The molecule has 9 rings (SSSR count). The first-order chi connectivity index (χ1) is 23.0. The molecule has 1 aliphatic rings. The zero-order valence-corrected chi connectivity index (χ0v) is 26.1. The maximum Gasteiger partial charge on any atom is 0.160 e. The van der Waals surface area contributed by atoms with Crippen LogP contribution in [0.5, 0.6) is 11.5 Å². The summed E-state index contributed by atoms with van der Waals surface area (Å²) >= 11 is 0. The largest absolute Gasteiger partial charge is 0.457 e. The van der Waals surface area contributed by atoms with E-state index in [4.69, 9.17) is 19.1 Å². The molecule has 224 valence electrons. The van der Waals surface area contributed by atoms with Gasteiger partial charge in [-0.25, -0.2) is 9.97 Å². The van der Waals surface area contributed by atoms with Gasteiger partial charge in [0.25, 0.3) is 0 Å². The highest BCUT2D eigenvalue weighted by Gasteiger charge is 2.34. The van der Waals surface area contributed by atoms with Crippen LogP contribution >= 0.6 is 0 Å². The Bertz CT molecular complexity index is 2460. The number of furan rings is 1. The van der Waals surface area contributed by atoms with Crippen molar-refractivity contribution >= 4 is 21.9 Å². The molecule has 0 fully saturated rings. The lowest BCUT2D eigenvalue weighted by atomic mass is 9.75. The van der Waals surface area contributed by atoms with E-state index in [9.17, 15) is 0 Å². The first-order valence-electron chi connectivity index (χ1n) is 15.9. The molecule has 0 radical (unpaired) electrons. The second-order valence-electron chi connectivity index (χ2n) is 12.6. The molecule has 0 saturated heterocycles. The van der Waals surface area contributed by atoms with Gasteiger partial charge in [-0.15, -0.1) is 0 Å². The lowest BCUT2D eigenvalue weighted by Crippen LogP contribution is -2.24. The van der Waals surface area contributed by atoms with Gasteiger partial charge in [0.1, 0.15) is 22.7 Å². The highest BCUT2D eigenvalue weighted by molar-refractivity contribution is 6.05. The van der Waals surface area contributed by atoms with Gasteiger partial charge in [-0.3, -0.25) is 0 Å². The second-order valence-corrected chi connectivity index (χ2v) is 12.6. The van der Waals surface area contributed by atoms with Crippen LogP contribution in [0.15, 0.2) is 150 Å². The molecule has 0 saturated carbocycles. The third kappa shape index (κ3) is 4.60. The van der Waals surface area contributed by atoms with E-state index in [1.807, 2.05) is 60.7 Å². The molecule has 0 amide bonds. The number of hydrogen-bond acceptors (Lipinski definition) is 4. The number of benzene rings is 6. The Hall–Kier alpha value is -6.00. The molecule has 0 bridgehead atoms. The van der Waals surface area contributed by atoms with Crippen molar-refractivity contribution in [2.24, 2.45) is 0 Å². The van der Waals surface area contributed by atoms with E-state index in [-0.39, 0.29) is 5.41 Å². The van der Waals surface area contributed by atoms with Crippen LogP contribution in [0.1, 0.15) is 25.0 Å². The maximum atomic E-state index is 6.30. The van der Waals surface area contributed by atoms with Crippen molar-refractivity contribution in [1.82, 2.24) is 9.97 Å². The zero-order chi connectivity index (χ0) is 31.5. The van der Waals surface area contributed by atoms with Gasteiger partial charge in [-0.05, 0) is 53.6 Å². The first kappa shape index (κ1) is 27.3. The minimum absolute atomic E-state index is 0.170. The van der Waals surface area contributed by atoms with Crippen molar-refractivity contribution in [2.75, 3.05) is 0 Å². The minimum atomic E-state index is -0.170. The molecule has 4 heteroatoms. The topological polar surface area (TPSA) is 48.2 Å². The minimum Gasteiger partial charge on any atom is -0.457 e. The Morgan fingerprint density at radius 3 is 1.94 bits per heavy atom. The molecule has 8 aromatic rings. The number of para-hydroxylation sites is 2. The van der Waals surface area contributed by atoms with Crippen LogP contribution in [-0.4, -0.2) is 9.97 Å². The second kappa shape index (κ2) is 10.5. The van der Waals surface area contributed by atoms with Gasteiger partial charge in [0.15, 0.2) is 5.82 Å². The standard InChI is InChI=1S/C43H30N2O2/c1-43(2)34-13-7-9-15-39(34)47-40-23-21-30(24-35(40)43)27-16-18-28(19-17-27)36-26-37(45-42(44-36)29-10-4-3-5-11-29)31-20-22-33-32-12-6-8-14-38(32)46-41(33)25-31/h3-26H,1-2H3. The summed E-state index contributed by atoms with van der Waals surface area (Å²) in [4.78, 5) is 10.1. The molecule has 47 heavy (non-hydrogen) atoms. The van der Waals surface area contributed by atoms with E-state index in [0.717, 1.165) is 72.6 Å². The van der Waals surface area contributed by atoms with E-state index in [0.29, 0.717) is 5.82 Å². The molecular formula is C43H30N2O2. The SMILES string of the molecule is CC1(C)c2ccccc2Oc2ccc(-c3ccc(-c4cc(-c5ccc6c(c5)oc5ccccc56)nc(-c5ccccc5)n4)cc3)cc21. The van der Waals surface area contributed by atoms with Crippen molar-refractivity contribution in [1.29, 1.82) is 0 Å². The fraction of sp³-hybridized carbons (Fsp3) is 0.0698. The van der Waals surface area contributed by atoms with Crippen molar-refractivity contribution in [3.05, 3.63) is 157 Å². The van der Waals surface area contributed by atoms with Crippen LogP contribution in [0.3, 0.4) is 0 Å². The third-order valence-corrected chi connectivity index (χ3v) is 9.38. The highest BCUT2D eigenvalue weighted by atomic mass is 16.5. The average molecular weight is 607 g/mol. The van der Waals surface area contributed by atoms with Gasteiger partial charge in [0.2, 0.25) is 0 Å². The van der Waals surface area contributed by atoms with Crippen molar-refractivity contribution in [3.63, 3.8) is 0 Å². The predicted octanol–water partition coefficient (Wildman–Crippen LogP) is 11.5. The smallest absolute Gasteiger partial charge is 0.160 e. The van der Waals surface area contributed by atoms with E-state index in [1.165, 1.54) is 11.1 Å². The van der Waals surface area contributed by atoms with E-state index in [1.54, 1.807) is 0 Å². The summed E-state index contributed by atoms with van der Waals surface area (Å²) in [5, 5.41) is 2.21. The number of rotatable bonds is 4. The van der Waals surface area contributed by atoms with Crippen molar-refractivity contribution in [3.8, 4) is 56.5 Å². The van der Waals surface area contributed by atoms with Crippen LogP contribution in [-0.2, 0) is 5.41 Å². The quantitative estimate of drug-likeness (QED) is 0.200. The molecule has 4 nitrogen and oxygen atoms in total. The summed E-state index contributed by atoms with van der Waals surface area (Å²) in [5.74, 6) is 2.53. The van der Waals surface area contributed by atoms with Gasteiger partial charge in [0, 0.05) is 44.0 Å². The molecule has 3 heterocycles. The fourth-order valence-electron chi connectivity index (χ4n) is 6.80. The Balaban J connectivity index is 1.11. The summed E-state index contributed by atoms with van der Waals surface area (Å²) in [6, 6.07) is 50.1. The Labute approximate surface area is 273 Å². The fourth-order valence-corrected chi connectivity index (χ4v) is 6.80. The molecular weight excluding hydrogens is 576 g/mol. The Morgan fingerprint density at radius 1 is 0.447 bits per heavy atom. The van der Waals surface area contributed by atoms with E-state index in [2.05, 4.69) is 98.8 Å². The number of aromatic nitrogens is 2. The molecule has 0 aliphatic carbocycles. The summed E-state index contributed by atoms with van der Waals surface area (Å²) in [6.07, 6.45) is 0. The molecule has 0 N–H and O–H groups in total. The number of nitrogens with zero attached hydrogens (tertiary/aromatic N) is 2. The van der Waals surface area contributed by atoms with E-state index < -0.39 is 0 Å². The van der Waals surface area contributed by atoms with Crippen molar-refractivity contribution in [2.45, 2.75) is 19.3 Å².